The van der Waals surface area contributed by atoms with Crippen molar-refractivity contribution in [2.24, 2.45) is 5.73 Å². The number of hydrogen-bond donors (Lipinski definition) is 1. The van der Waals surface area contributed by atoms with Crippen LogP contribution in [0.2, 0.25) is 10.0 Å². The average molecular weight is 499 g/mol. The zero-order valence-corrected chi connectivity index (χ0v) is 18.9. The number of aromatic nitrogens is 1. The summed E-state index contributed by atoms with van der Waals surface area (Å²) in [6.45, 7) is -0.108. The number of nitrogens with two attached hydrogens (primary N) is 1. The van der Waals surface area contributed by atoms with E-state index in [2.05, 4.69) is 0 Å². The molecule has 1 heterocycles. The third-order valence-corrected chi connectivity index (χ3v) is 6.36. The van der Waals surface area contributed by atoms with E-state index in [-0.39, 0.29) is 12.1 Å². The van der Waals surface area contributed by atoms with Gasteiger partial charge in [-0.25, -0.2) is 13.2 Å². The van der Waals surface area contributed by atoms with Gasteiger partial charge in [-0.05, 0) is 42.0 Å². The smallest absolute Gasteiger partial charge is 0.249 e. The molecule has 1 aromatic heterocycles. The van der Waals surface area contributed by atoms with E-state index in [0.29, 0.717) is 43.5 Å². The van der Waals surface area contributed by atoms with Gasteiger partial charge in [0.15, 0.2) is 11.6 Å². The van der Waals surface area contributed by atoms with E-state index in [9.17, 15) is 18.0 Å². The maximum Gasteiger partial charge on any atom is 0.249 e. The van der Waals surface area contributed by atoms with Gasteiger partial charge in [0.2, 0.25) is 5.91 Å². The van der Waals surface area contributed by atoms with Crippen LogP contribution in [0.1, 0.15) is 15.9 Å². The Kier molecular flexibility index (Phi) is 5.50. The summed E-state index contributed by atoms with van der Waals surface area (Å²) < 4.78 is 43.7. The Morgan fingerprint density at radius 3 is 2.35 bits per heavy atom. The van der Waals surface area contributed by atoms with Crippen LogP contribution in [0.5, 0.6) is 0 Å². The molecule has 0 radical (unpaired) electrons. The molecular formula is C26H15Cl2F3N2O. The van der Waals surface area contributed by atoms with E-state index in [1.165, 1.54) is 0 Å². The molecule has 0 spiro atoms. The fourth-order valence-corrected chi connectivity index (χ4v) is 4.78. The Hall–Kier alpha value is -3.48. The minimum atomic E-state index is -1.26. The normalized spacial score (nSPS) is 11.4. The molecular weight excluding hydrogens is 484 g/mol. The van der Waals surface area contributed by atoms with Crippen molar-refractivity contribution in [2.45, 2.75) is 6.54 Å². The number of primary amides is 1. The van der Waals surface area contributed by atoms with Gasteiger partial charge in [-0.3, -0.25) is 4.79 Å². The van der Waals surface area contributed by atoms with Crippen LogP contribution < -0.4 is 5.73 Å². The minimum Gasteiger partial charge on any atom is -0.366 e. The van der Waals surface area contributed by atoms with Crippen LogP contribution in [0.15, 0.2) is 66.7 Å². The molecule has 0 unspecified atom stereocenters. The van der Waals surface area contributed by atoms with Crippen LogP contribution in [0.25, 0.3) is 32.9 Å². The standard InChI is InChI=1S/C26H15Cl2F3N2O/c27-15-5-7-16(19(28)10-15)13-4-6-17-24(9-13)33(12-14-8-21(30)22(31)11-20(14)29)23-3-1-2-18(25(17)23)26(32)34/h1-11H,12H2,(H2,32,34). The first-order valence-electron chi connectivity index (χ1n) is 10.2. The number of hydrogen-bond acceptors (Lipinski definition) is 1. The molecule has 1 amide bonds. The van der Waals surface area contributed by atoms with Gasteiger partial charge < -0.3 is 10.3 Å². The number of nitrogens with zero attached hydrogens (tertiary/aromatic N) is 1. The maximum atomic E-state index is 14.5. The van der Waals surface area contributed by atoms with Crippen molar-refractivity contribution in [3.05, 3.63) is 105 Å². The van der Waals surface area contributed by atoms with Crippen molar-refractivity contribution in [3.8, 4) is 11.1 Å². The molecule has 0 aliphatic heterocycles. The number of carbonyl (C=O) groups is 1. The maximum absolute atomic E-state index is 14.5. The summed E-state index contributed by atoms with van der Waals surface area (Å²) in [5.41, 5.74) is 8.57. The van der Waals surface area contributed by atoms with Gasteiger partial charge in [-0.15, -0.1) is 0 Å². The Balaban J connectivity index is 1.81. The summed E-state index contributed by atoms with van der Waals surface area (Å²) in [5.74, 6) is -3.91. The van der Waals surface area contributed by atoms with Crippen LogP contribution in [0.4, 0.5) is 13.2 Å². The highest BCUT2D eigenvalue weighted by Gasteiger charge is 2.19. The van der Waals surface area contributed by atoms with Crippen LogP contribution in [-0.2, 0) is 6.54 Å². The Morgan fingerprint density at radius 2 is 1.62 bits per heavy atom. The van der Waals surface area contributed by atoms with Gasteiger partial charge in [0.25, 0.3) is 0 Å². The van der Waals surface area contributed by atoms with E-state index in [4.69, 9.17) is 28.9 Å². The molecule has 2 N–H and O–H groups in total. The van der Waals surface area contributed by atoms with Crippen LogP contribution in [0.3, 0.4) is 0 Å². The molecule has 5 rings (SSSR count). The molecule has 5 aromatic rings. The molecule has 0 atom stereocenters. The Bertz CT molecular complexity index is 1630. The lowest BCUT2D eigenvalue weighted by Gasteiger charge is -2.11. The lowest BCUT2D eigenvalue weighted by Crippen LogP contribution is -2.11. The van der Waals surface area contributed by atoms with E-state index in [1.54, 1.807) is 41.0 Å². The third-order valence-electron chi connectivity index (χ3n) is 5.82. The van der Waals surface area contributed by atoms with E-state index >= 15 is 0 Å². The molecule has 4 aromatic carbocycles. The van der Waals surface area contributed by atoms with Gasteiger partial charge in [0.1, 0.15) is 5.82 Å². The van der Waals surface area contributed by atoms with E-state index in [0.717, 1.165) is 17.2 Å². The number of amides is 1. The summed E-state index contributed by atoms with van der Waals surface area (Å²) in [5, 5.41) is 2.21. The molecule has 0 bridgehead atoms. The number of carbonyl (C=O) groups excluding carboxylic acids is 1. The van der Waals surface area contributed by atoms with Crippen molar-refractivity contribution >= 4 is 50.9 Å². The second-order valence-corrected chi connectivity index (χ2v) is 8.71. The molecule has 0 fully saturated rings. The third kappa shape index (κ3) is 3.69. The summed E-state index contributed by atoms with van der Waals surface area (Å²) >= 11 is 12.4. The first-order chi connectivity index (χ1) is 16.2. The predicted octanol–water partition coefficient (Wildman–Crippen LogP) is 7.33. The summed E-state index contributed by atoms with van der Waals surface area (Å²) in [6.07, 6.45) is 0. The van der Waals surface area contributed by atoms with Gasteiger partial charge in [0.05, 0.1) is 17.6 Å². The second kappa shape index (κ2) is 8.38. The lowest BCUT2D eigenvalue weighted by molar-refractivity contribution is 0.100. The van der Waals surface area contributed by atoms with Crippen LogP contribution in [0, 0.1) is 17.5 Å². The minimum absolute atomic E-state index is 0.0443. The van der Waals surface area contributed by atoms with Crippen molar-refractivity contribution in [3.63, 3.8) is 0 Å². The predicted molar refractivity (Wildman–Crippen MR) is 129 cm³/mol. The SMILES string of the molecule is NC(=O)c1cccc2c1c1ccc(-c3ccc(Cl)cc3Cl)cc1n2Cc1cc(F)c(F)cc1F. The van der Waals surface area contributed by atoms with Crippen molar-refractivity contribution in [2.75, 3.05) is 0 Å². The first kappa shape index (κ1) is 22.3. The molecule has 0 aliphatic carbocycles. The fourth-order valence-electron chi connectivity index (χ4n) is 4.27. The topological polar surface area (TPSA) is 48.0 Å². The molecule has 34 heavy (non-hydrogen) atoms. The van der Waals surface area contributed by atoms with E-state index < -0.39 is 23.4 Å². The molecule has 0 saturated heterocycles. The zero-order valence-electron chi connectivity index (χ0n) is 17.4. The molecule has 0 saturated carbocycles. The zero-order chi connectivity index (χ0) is 24.1. The number of rotatable bonds is 4. The second-order valence-electron chi connectivity index (χ2n) is 7.86. The molecule has 0 aliphatic rings. The van der Waals surface area contributed by atoms with Gasteiger partial charge in [-0.1, -0.05) is 47.5 Å². The first-order valence-corrected chi connectivity index (χ1v) is 10.9. The summed E-state index contributed by atoms with van der Waals surface area (Å²) in [7, 11) is 0. The average Bonchev–Trinajstić information content (AvgIpc) is 3.10. The molecule has 8 heteroatoms. The van der Waals surface area contributed by atoms with E-state index in [1.807, 2.05) is 18.2 Å². The summed E-state index contributed by atoms with van der Waals surface area (Å²) in [6, 6.07) is 17.0. The largest absolute Gasteiger partial charge is 0.366 e. The quantitative estimate of drug-likeness (QED) is 0.259. The van der Waals surface area contributed by atoms with Crippen molar-refractivity contribution in [1.82, 2.24) is 4.57 Å². The monoisotopic (exact) mass is 498 g/mol. The highest BCUT2D eigenvalue weighted by Crippen LogP contribution is 2.37. The highest BCUT2D eigenvalue weighted by atomic mass is 35.5. The Labute approximate surface area is 202 Å². The van der Waals surface area contributed by atoms with Crippen LogP contribution >= 0.6 is 23.2 Å². The van der Waals surface area contributed by atoms with Gasteiger partial charge in [-0.2, -0.15) is 0 Å². The Morgan fingerprint density at radius 1 is 0.853 bits per heavy atom. The van der Waals surface area contributed by atoms with Gasteiger partial charge in [0, 0.05) is 43.6 Å². The van der Waals surface area contributed by atoms with Gasteiger partial charge >= 0.3 is 0 Å². The van der Waals surface area contributed by atoms with Crippen LogP contribution in [-0.4, -0.2) is 10.5 Å². The van der Waals surface area contributed by atoms with Crippen molar-refractivity contribution in [1.29, 1.82) is 0 Å². The fraction of sp³-hybridized carbons (Fsp3) is 0.0385. The molecule has 170 valence electrons. The number of halogens is 5. The summed E-state index contributed by atoms with van der Waals surface area (Å²) in [4.78, 5) is 12.2. The highest BCUT2D eigenvalue weighted by molar-refractivity contribution is 6.36. The number of benzene rings is 4. The lowest BCUT2D eigenvalue weighted by atomic mass is 10.0. The molecule has 3 nitrogen and oxygen atoms in total. The number of fused-ring (bicyclic) bond motifs is 3. The van der Waals surface area contributed by atoms with Crippen molar-refractivity contribution < 1.29 is 18.0 Å².